The van der Waals surface area contributed by atoms with Crippen molar-refractivity contribution in [1.29, 1.82) is 0 Å². The lowest BCUT2D eigenvalue weighted by atomic mass is 10.0. The summed E-state index contributed by atoms with van der Waals surface area (Å²) < 4.78 is 22.8. The number of allylic oxidation sites excluding steroid dienone is 38. The summed E-state index contributed by atoms with van der Waals surface area (Å²) in [7, 11) is 5.91. The predicted molar refractivity (Wildman–Crippen MR) is 443 cm³/mol. The molecule has 0 saturated heterocycles. The molecule has 0 fully saturated rings. The van der Waals surface area contributed by atoms with Crippen molar-refractivity contribution >= 4 is 17.9 Å². The van der Waals surface area contributed by atoms with E-state index in [4.69, 9.17) is 18.9 Å². The summed E-state index contributed by atoms with van der Waals surface area (Å²) in [6.07, 6.45) is 126. The summed E-state index contributed by atoms with van der Waals surface area (Å²) >= 11 is 0. The molecule has 0 N–H and O–H groups in total. The van der Waals surface area contributed by atoms with E-state index in [1.165, 1.54) is 89.9 Å². The van der Waals surface area contributed by atoms with Gasteiger partial charge in [-0.3, -0.25) is 9.59 Å². The predicted octanol–water partition coefficient (Wildman–Crippen LogP) is 25.2. The van der Waals surface area contributed by atoms with Crippen LogP contribution in [0.4, 0.5) is 0 Å². The Morgan fingerprint density at radius 3 is 0.786 bits per heavy atom. The van der Waals surface area contributed by atoms with Crippen LogP contribution in [0.1, 0.15) is 284 Å². The van der Waals surface area contributed by atoms with Gasteiger partial charge >= 0.3 is 11.9 Å². The molecule has 0 aromatic heterocycles. The first-order valence-electron chi connectivity index (χ1n) is 40.5. The van der Waals surface area contributed by atoms with Gasteiger partial charge in [-0.15, -0.1) is 0 Å². The van der Waals surface area contributed by atoms with Crippen LogP contribution in [0.5, 0.6) is 0 Å². The van der Waals surface area contributed by atoms with Crippen molar-refractivity contribution in [3.05, 3.63) is 231 Å². The van der Waals surface area contributed by atoms with Gasteiger partial charge in [-0.25, -0.2) is 0 Å². The average Bonchev–Trinajstić information content (AvgIpc) is 1.16. The molecule has 0 bridgehead atoms. The number of nitrogens with zero attached hydrogens (tertiary/aromatic N) is 1. The van der Waals surface area contributed by atoms with Crippen molar-refractivity contribution in [2.24, 2.45) is 0 Å². The number of unbranched alkanes of at least 4 members (excludes halogenated alkanes) is 19. The van der Waals surface area contributed by atoms with Gasteiger partial charge in [-0.05, 0) is 161 Å². The average molecular weight is 1420 g/mol. The first-order valence-corrected chi connectivity index (χ1v) is 40.5. The Kier molecular flexibility index (Phi) is 75.8. The van der Waals surface area contributed by atoms with Crippen LogP contribution in [-0.2, 0) is 33.3 Å². The van der Waals surface area contributed by atoms with Crippen LogP contribution in [0.2, 0.25) is 0 Å². The number of rotatable bonds is 72. The van der Waals surface area contributed by atoms with Gasteiger partial charge in [0.1, 0.15) is 13.2 Å². The zero-order valence-electron chi connectivity index (χ0n) is 65.8. The summed E-state index contributed by atoms with van der Waals surface area (Å²) in [5, 5.41) is 11.9. The zero-order chi connectivity index (χ0) is 74.6. The summed E-state index contributed by atoms with van der Waals surface area (Å²) in [5.74, 6) is -2.35. The number of ether oxygens (including phenoxy) is 4. The Bertz CT molecular complexity index is 2560. The molecule has 0 aliphatic carbocycles. The number of esters is 2. The van der Waals surface area contributed by atoms with Gasteiger partial charge < -0.3 is 33.3 Å². The van der Waals surface area contributed by atoms with Gasteiger partial charge in [0.25, 0.3) is 0 Å². The number of hydrogen-bond donors (Lipinski definition) is 0. The molecule has 9 heteroatoms. The molecule has 0 aromatic carbocycles. The minimum absolute atomic E-state index is 0.130. The summed E-state index contributed by atoms with van der Waals surface area (Å²) in [5.41, 5.74) is 0. The van der Waals surface area contributed by atoms with Gasteiger partial charge in [0.15, 0.2) is 12.4 Å². The Hall–Kier alpha value is -6.65. The molecule has 0 aliphatic heterocycles. The molecule has 2 unspecified atom stereocenters. The monoisotopic (exact) mass is 1420 g/mol. The highest BCUT2D eigenvalue weighted by atomic mass is 16.7. The molecule has 0 aliphatic rings. The third kappa shape index (κ3) is 82.5. The number of hydrogen-bond acceptors (Lipinski definition) is 8. The normalized spacial score (nSPS) is 13.9. The van der Waals surface area contributed by atoms with E-state index in [1.807, 2.05) is 21.1 Å². The van der Waals surface area contributed by atoms with Crippen LogP contribution >= 0.6 is 0 Å². The molecule has 0 spiro atoms. The molecule has 9 nitrogen and oxygen atoms in total. The van der Waals surface area contributed by atoms with Crippen molar-refractivity contribution in [3.8, 4) is 0 Å². The second-order valence-corrected chi connectivity index (χ2v) is 27.2. The third-order valence-corrected chi connectivity index (χ3v) is 16.4. The number of carbonyl (C=O) groups excluding carboxylic acids is 3. The van der Waals surface area contributed by atoms with Crippen LogP contribution in [0, 0.1) is 0 Å². The van der Waals surface area contributed by atoms with Crippen LogP contribution < -0.4 is 5.11 Å². The second kappa shape index (κ2) is 81.0. The Labute approximate surface area is 631 Å². The quantitative estimate of drug-likeness (QED) is 0.0195. The molecule has 0 heterocycles. The van der Waals surface area contributed by atoms with E-state index in [1.54, 1.807) is 0 Å². The molecule has 0 radical (unpaired) electrons. The Balaban J connectivity index is 4.17. The molecular formula is C94H147NO8. The molecule has 0 amide bonds. The molecule has 0 rings (SSSR count). The Morgan fingerprint density at radius 1 is 0.291 bits per heavy atom. The van der Waals surface area contributed by atoms with E-state index in [2.05, 4.69) is 245 Å². The number of likely N-dealkylation sites (N-methyl/N-ethyl adjacent to an activating group) is 1. The number of quaternary nitrogens is 1. The van der Waals surface area contributed by atoms with Crippen molar-refractivity contribution in [3.63, 3.8) is 0 Å². The summed E-state index contributed by atoms with van der Waals surface area (Å²) in [6, 6.07) is 0. The zero-order valence-corrected chi connectivity index (χ0v) is 65.8. The highest BCUT2D eigenvalue weighted by molar-refractivity contribution is 5.70. The fraction of sp³-hybridized carbons (Fsp3) is 0.564. The van der Waals surface area contributed by atoms with E-state index in [9.17, 15) is 19.5 Å². The number of carboxylic acid groups (broad SMARTS) is 1. The van der Waals surface area contributed by atoms with E-state index in [0.29, 0.717) is 17.4 Å². The van der Waals surface area contributed by atoms with E-state index in [-0.39, 0.29) is 38.6 Å². The van der Waals surface area contributed by atoms with E-state index >= 15 is 0 Å². The highest BCUT2D eigenvalue weighted by Gasteiger charge is 2.22. The highest BCUT2D eigenvalue weighted by Crippen LogP contribution is 2.16. The minimum Gasteiger partial charge on any atom is -0.545 e. The fourth-order valence-electron chi connectivity index (χ4n) is 10.3. The molecule has 0 saturated carbocycles. The number of carboxylic acids is 1. The Morgan fingerprint density at radius 2 is 0.524 bits per heavy atom. The van der Waals surface area contributed by atoms with Gasteiger partial charge in [0, 0.05) is 12.8 Å². The molecule has 0 aromatic rings. The van der Waals surface area contributed by atoms with Crippen LogP contribution in [0.15, 0.2) is 231 Å². The smallest absolute Gasteiger partial charge is 0.306 e. The third-order valence-electron chi connectivity index (χ3n) is 16.4. The molecule has 576 valence electrons. The van der Waals surface area contributed by atoms with Crippen LogP contribution in [-0.4, -0.2) is 82.3 Å². The van der Waals surface area contributed by atoms with Crippen LogP contribution in [0.3, 0.4) is 0 Å². The SMILES string of the molecule is CC/C=C\C/C=C\C/C=C\C/C=C\C/C=C\C/C=C\C/C=C\C/C=C\C/C=C\C/C=C\C/C=C\CCCCCC(=O)OC(COC(=O)CCCCCCCCCCCCCCCCCC/C=C\C/C=C\C/C=C\C/C=C\C/C=C\C/C=C\C/C=C\C/C=C\CC)COC(OCC[N+](C)(C)C)C(=O)[O-]. The van der Waals surface area contributed by atoms with Crippen molar-refractivity contribution < 1.29 is 42.9 Å². The summed E-state index contributed by atoms with van der Waals surface area (Å²) in [4.78, 5) is 37.6. The van der Waals surface area contributed by atoms with E-state index < -0.39 is 24.3 Å². The maximum absolute atomic E-state index is 13.0. The lowest BCUT2D eigenvalue weighted by Gasteiger charge is -2.26. The lowest BCUT2D eigenvalue weighted by molar-refractivity contribution is -0.870. The van der Waals surface area contributed by atoms with Gasteiger partial charge in [0.2, 0.25) is 0 Å². The second-order valence-electron chi connectivity index (χ2n) is 27.2. The van der Waals surface area contributed by atoms with E-state index in [0.717, 1.165) is 161 Å². The largest absolute Gasteiger partial charge is 0.545 e. The molecular weight excluding hydrogens is 1270 g/mol. The number of aliphatic carboxylic acids is 1. The fourth-order valence-corrected chi connectivity index (χ4v) is 10.3. The van der Waals surface area contributed by atoms with Crippen molar-refractivity contribution in [2.45, 2.75) is 296 Å². The molecule has 2 atom stereocenters. The maximum atomic E-state index is 13.0. The van der Waals surface area contributed by atoms with Gasteiger partial charge in [-0.2, -0.15) is 0 Å². The van der Waals surface area contributed by atoms with Crippen LogP contribution in [0.25, 0.3) is 0 Å². The first kappa shape index (κ1) is 96.4. The maximum Gasteiger partial charge on any atom is 0.306 e. The lowest BCUT2D eigenvalue weighted by Crippen LogP contribution is -2.44. The first-order chi connectivity index (χ1) is 50.6. The van der Waals surface area contributed by atoms with Gasteiger partial charge in [-0.1, -0.05) is 341 Å². The van der Waals surface area contributed by atoms with Crippen molar-refractivity contribution in [1.82, 2.24) is 0 Å². The molecule has 103 heavy (non-hydrogen) atoms. The number of carbonyl (C=O) groups is 3. The standard InChI is InChI=1S/C94H147NO8/c1-6-8-10-12-14-16-18-20-22-24-26-28-30-32-34-36-38-40-42-44-45-46-47-49-50-52-54-56-58-60-62-64-66-68-70-72-74-76-78-80-82-84-91(96)101-88-90(89-102-94(93(98)99)100-87-86-95(3,4)5)103-92(97)85-83-81-79-77-75-73-71-69-67-65-63-61-59-57-55-53-51-48-43-41-39-37-35-33-31-29-27-25-23-21-19-17-15-13-11-9-7-2/h8-11,14-17,20-23,26-29,32-35,38-41,44-45,47-49,51,55,57,61,63,67,69,73,75,90,94H,6-7,12-13,18-19,24-25,30-31,36-37,42-43,46,50,52-54,56,58-60,62,64-66,68,70-72,74,76-89H2,1-5H3/b10-8-,11-9-,16-14-,17-15-,22-20-,23-21-,28-26-,29-27-,34-32-,35-33-,40-38-,41-39-,45-44-,49-47-,51-48-,57-55-,63-61-,69-67-,75-73-. The van der Waals surface area contributed by atoms with Gasteiger partial charge in [0.05, 0.1) is 40.3 Å². The van der Waals surface area contributed by atoms with Crippen molar-refractivity contribution in [2.75, 3.05) is 47.5 Å². The topological polar surface area (TPSA) is 111 Å². The summed E-state index contributed by atoms with van der Waals surface area (Å²) in [6.45, 7) is 4.46. The minimum atomic E-state index is -1.65.